The van der Waals surface area contributed by atoms with Gasteiger partial charge in [0, 0.05) is 5.69 Å². The first kappa shape index (κ1) is 13.3. The topological polar surface area (TPSA) is 44.5 Å². The summed E-state index contributed by atoms with van der Waals surface area (Å²) in [7, 11) is 3.27. The van der Waals surface area contributed by atoms with Crippen LogP contribution in [0.4, 0.5) is 5.69 Å². The number of ether oxygens (including phenoxy) is 2. The van der Waals surface area contributed by atoms with Crippen molar-refractivity contribution in [2.24, 2.45) is 0 Å². The van der Waals surface area contributed by atoms with Crippen LogP contribution in [0.2, 0.25) is 0 Å². The Labute approximate surface area is 114 Å². The molecule has 0 bridgehead atoms. The zero-order chi connectivity index (χ0) is 13.8. The molecular formula is C16H19NO2. The molecular weight excluding hydrogens is 238 g/mol. The summed E-state index contributed by atoms with van der Waals surface area (Å²) < 4.78 is 10.6. The molecule has 0 radical (unpaired) electrons. The SMILES string of the molecule is CCc1ccc(-c2ccc(OC)c(OC)c2)cc1N. The van der Waals surface area contributed by atoms with Crippen LogP contribution in [-0.4, -0.2) is 14.2 Å². The highest BCUT2D eigenvalue weighted by molar-refractivity contribution is 5.71. The number of nitrogens with two attached hydrogens (primary N) is 1. The van der Waals surface area contributed by atoms with Crippen molar-refractivity contribution in [1.82, 2.24) is 0 Å². The lowest BCUT2D eigenvalue weighted by molar-refractivity contribution is 0.355. The Balaban J connectivity index is 2.44. The first-order valence-corrected chi connectivity index (χ1v) is 6.30. The van der Waals surface area contributed by atoms with Crippen molar-refractivity contribution in [3.05, 3.63) is 42.0 Å². The van der Waals surface area contributed by atoms with Gasteiger partial charge in [0.05, 0.1) is 14.2 Å². The zero-order valence-corrected chi connectivity index (χ0v) is 11.6. The molecule has 0 aliphatic carbocycles. The molecule has 2 aromatic rings. The second-order valence-corrected chi connectivity index (χ2v) is 4.34. The molecule has 0 unspecified atom stereocenters. The van der Waals surface area contributed by atoms with E-state index in [1.165, 1.54) is 5.56 Å². The van der Waals surface area contributed by atoms with E-state index in [1.54, 1.807) is 14.2 Å². The van der Waals surface area contributed by atoms with Gasteiger partial charge in [-0.2, -0.15) is 0 Å². The third-order valence-electron chi connectivity index (χ3n) is 3.24. The van der Waals surface area contributed by atoms with E-state index < -0.39 is 0 Å². The summed E-state index contributed by atoms with van der Waals surface area (Å²) in [6.07, 6.45) is 0.943. The van der Waals surface area contributed by atoms with Gasteiger partial charge in [-0.25, -0.2) is 0 Å². The largest absolute Gasteiger partial charge is 0.493 e. The second-order valence-electron chi connectivity index (χ2n) is 4.34. The second kappa shape index (κ2) is 5.65. The molecule has 0 aliphatic rings. The predicted molar refractivity (Wildman–Crippen MR) is 78.8 cm³/mol. The fourth-order valence-electron chi connectivity index (χ4n) is 2.11. The summed E-state index contributed by atoms with van der Waals surface area (Å²) in [6, 6.07) is 12.0. The average Bonchev–Trinajstić information content (AvgIpc) is 2.46. The van der Waals surface area contributed by atoms with E-state index in [0.29, 0.717) is 0 Å². The van der Waals surface area contributed by atoms with Crippen LogP contribution in [0, 0.1) is 0 Å². The molecule has 100 valence electrons. The van der Waals surface area contributed by atoms with Gasteiger partial charge in [-0.15, -0.1) is 0 Å². The molecule has 19 heavy (non-hydrogen) atoms. The smallest absolute Gasteiger partial charge is 0.161 e. The van der Waals surface area contributed by atoms with E-state index in [4.69, 9.17) is 15.2 Å². The van der Waals surface area contributed by atoms with E-state index in [1.807, 2.05) is 24.3 Å². The lowest BCUT2D eigenvalue weighted by Gasteiger charge is -2.11. The first-order chi connectivity index (χ1) is 9.19. The fraction of sp³-hybridized carbons (Fsp3) is 0.250. The molecule has 0 aromatic heterocycles. The van der Waals surface area contributed by atoms with E-state index >= 15 is 0 Å². The van der Waals surface area contributed by atoms with Crippen molar-refractivity contribution < 1.29 is 9.47 Å². The van der Waals surface area contributed by atoms with Gasteiger partial charge in [0.2, 0.25) is 0 Å². The van der Waals surface area contributed by atoms with Gasteiger partial charge < -0.3 is 15.2 Å². The molecule has 3 nitrogen and oxygen atoms in total. The molecule has 0 heterocycles. The van der Waals surface area contributed by atoms with Crippen molar-refractivity contribution >= 4 is 5.69 Å². The summed E-state index contributed by atoms with van der Waals surface area (Å²) in [6.45, 7) is 2.10. The van der Waals surface area contributed by atoms with Crippen LogP contribution in [0.5, 0.6) is 11.5 Å². The zero-order valence-electron chi connectivity index (χ0n) is 11.6. The van der Waals surface area contributed by atoms with Crippen LogP contribution in [0.25, 0.3) is 11.1 Å². The van der Waals surface area contributed by atoms with Crippen molar-refractivity contribution in [2.45, 2.75) is 13.3 Å². The third-order valence-corrected chi connectivity index (χ3v) is 3.24. The van der Waals surface area contributed by atoms with Gasteiger partial charge >= 0.3 is 0 Å². The molecule has 0 aliphatic heterocycles. The highest BCUT2D eigenvalue weighted by Gasteiger charge is 2.07. The van der Waals surface area contributed by atoms with E-state index in [9.17, 15) is 0 Å². The highest BCUT2D eigenvalue weighted by atomic mass is 16.5. The number of hydrogen-bond acceptors (Lipinski definition) is 3. The van der Waals surface area contributed by atoms with Crippen LogP contribution >= 0.6 is 0 Å². The lowest BCUT2D eigenvalue weighted by Crippen LogP contribution is -1.94. The number of hydrogen-bond donors (Lipinski definition) is 1. The van der Waals surface area contributed by atoms with Gasteiger partial charge in [0.15, 0.2) is 11.5 Å². The van der Waals surface area contributed by atoms with Crippen LogP contribution in [0.1, 0.15) is 12.5 Å². The Morgan fingerprint density at radius 3 is 2.11 bits per heavy atom. The normalized spacial score (nSPS) is 10.3. The average molecular weight is 257 g/mol. The Morgan fingerprint density at radius 2 is 1.53 bits per heavy atom. The molecule has 0 atom stereocenters. The van der Waals surface area contributed by atoms with Crippen LogP contribution < -0.4 is 15.2 Å². The first-order valence-electron chi connectivity index (χ1n) is 6.30. The molecule has 0 fully saturated rings. The minimum absolute atomic E-state index is 0.720. The van der Waals surface area contributed by atoms with Gasteiger partial charge in [-0.05, 0) is 41.3 Å². The number of anilines is 1. The maximum atomic E-state index is 6.04. The predicted octanol–water partition coefficient (Wildman–Crippen LogP) is 3.52. The Morgan fingerprint density at radius 1 is 0.895 bits per heavy atom. The quantitative estimate of drug-likeness (QED) is 0.852. The van der Waals surface area contributed by atoms with Gasteiger partial charge in [-0.1, -0.05) is 25.1 Å². The van der Waals surface area contributed by atoms with Gasteiger partial charge in [-0.3, -0.25) is 0 Å². The van der Waals surface area contributed by atoms with Crippen molar-refractivity contribution in [3.63, 3.8) is 0 Å². The number of methoxy groups -OCH3 is 2. The molecule has 0 spiro atoms. The molecule has 0 amide bonds. The summed E-state index contributed by atoms with van der Waals surface area (Å²) in [5.74, 6) is 1.45. The minimum Gasteiger partial charge on any atom is -0.493 e. The highest BCUT2D eigenvalue weighted by Crippen LogP contribution is 2.33. The van der Waals surface area contributed by atoms with Crippen molar-refractivity contribution in [1.29, 1.82) is 0 Å². The number of nitrogen functional groups attached to an aromatic ring is 1. The van der Waals surface area contributed by atoms with E-state index in [0.717, 1.165) is 34.7 Å². The number of aryl methyl sites for hydroxylation is 1. The van der Waals surface area contributed by atoms with Crippen LogP contribution in [-0.2, 0) is 6.42 Å². The summed E-state index contributed by atoms with van der Waals surface area (Å²) in [5.41, 5.74) is 10.2. The lowest BCUT2D eigenvalue weighted by atomic mass is 10.0. The molecule has 3 heteroatoms. The summed E-state index contributed by atoms with van der Waals surface area (Å²) in [5, 5.41) is 0. The Bertz CT molecular complexity index is 579. The van der Waals surface area contributed by atoms with Crippen molar-refractivity contribution in [2.75, 3.05) is 20.0 Å². The third kappa shape index (κ3) is 2.65. The Hall–Kier alpha value is -2.16. The summed E-state index contributed by atoms with van der Waals surface area (Å²) in [4.78, 5) is 0. The molecule has 0 saturated heterocycles. The molecule has 0 saturated carbocycles. The maximum absolute atomic E-state index is 6.04. The number of rotatable bonds is 4. The maximum Gasteiger partial charge on any atom is 0.161 e. The number of benzene rings is 2. The fourth-order valence-corrected chi connectivity index (χ4v) is 2.11. The van der Waals surface area contributed by atoms with E-state index in [-0.39, 0.29) is 0 Å². The monoisotopic (exact) mass is 257 g/mol. The minimum atomic E-state index is 0.720. The van der Waals surface area contributed by atoms with Crippen molar-refractivity contribution in [3.8, 4) is 22.6 Å². The molecule has 2 N–H and O–H groups in total. The van der Waals surface area contributed by atoms with Crippen LogP contribution in [0.3, 0.4) is 0 Å². The van der Waals surface area contributed by atoms with Gasteiger partial charge in [0.25, 0.3) is 0 Å². The Kier molecular flexibility index (Phi) is 3.95. The van der Waals surface area contributed by atoms with Gasteiger partial charge in [0.1, 0.15) is 0 Å². The van der Waals surface area contributed by atoms with E-state index in [2.05, 4.69) is 19.1 Å². The molecule has 2 aromatic carbocycles. The molecule has 2 rings (SSSR count). The van der Waals surface area contributed by atoms with Crippen LogP contribution in [0.15, 0.2) is 36.4 Å². The summed E-state index contributed by atoms with van der Waals surface area (Å²) >= 11 is 0. The standard InChI is InChI=1S/C16H19NO2/c1-4-11-5-6-12(9-14(11)17)13-7-8-15(18-2)16(10-13)19-3/h5-10H,4,17H2,1-3H3.